The minimum atomic E-state index is -3.45. The Labute approximate surface area is 114 Å². The van der Waals surface area contributed by atoms with Gasteiger partial charge in [0.05, 0.1) is 17.0 Å². The van der Waals surface area contributed by atoms with Crippen molar-refractivity contribution in [3.8, 4) is 0 Å². The number of nitrogens with one attached hydrogen (secondary N) is 2. The lowest BCUT2D eigenvalue weighted by atomic mass is 9.99. The van der Waals surface area contributed by atoms with Crippen molar-refractivity contribution in [1.82, 2.24) is 10.0 Å². The van der Waals surface area contributed by atoms with Crippen LogP contribution in [0.5, 0.6) is 0 Å². The first-order valence-electron chi connectivity index (χ1n) is 6.37. The van der Waals surface area contributed by atoms with Crippen LogP contribution < -0.4 is 10.0 Å². The molecule has 0 radical (unpaired) electrons. The van der Waals surface area contributed by atoms with Crippen LogP contribution in [0.15, 0.2) is 35.2 Å². The minimum absolute atomic E-state index is 0.281. The lowest BCUT2D eigenvalue weighted by molar-refractivity contribution is 0.122. The molecule has 0 amide bonds. The van der Waals surface area contributed by atoms with Crippen molar-refractivity contribution in [2.24, 2.45) is 0 Å². The van der Waals surface area contributed by atoms with Crippen LogP contribution in [-0.4, -0.2) is 40.8 Å². The van der Waals surface area contributed by atoms with E-state index < -0.39 is 10.0 Å². The molecule has 0 spiro atoms. The molecule has 19 heavy (non-hydrogen) atoms. The first-order chi connectivity index (χ1) is 9.08. The SMILES string of the molecule is COCC1(CNS(=O)(=O)c2ccccc2)CCCN1. The lowest BCUT2D eigenvalue weighted by Gasteiger charge is -2.28. The fourth-order valence-electron chi connectivity index (χ4n) is 2.39. The zero-order chi connectivity index (χ0) is 13.8. The highest BCUT2D eigenvalue weighted by atomic mass is 32.2. The molecule has 1 saturated heterocycles. The zero-order valence-electron chi connectivity index (χ0n) is 11.1. The first kappa shape index (κ1) is 14.5. The Bertz CT molecular complexity index is 496. The topological polar surface area (TPSA) is 67.4 Å². The van der Waals surface area contributed by atoms with Gasteiger partial charge in [0.1, 0.15) is 0 Å². The molecule has 1 aliphatic heterocycles. The Morgan fingerprint density at radius 3 is 2.68 bits per heavy atom. The van der Waals surface area contributed by atoms with Gasteiger partial charge in [0.15, 0.2) is 0 Å². The molecule has 1 heterocycles. The van der Waals surface area contributed by atoms with Crippen molar-refractivity contribution < 1.29 is 13.2 Å². The van der Waals surface area contributed by atoms with Gasteiger partial charge in [-0.05, 0) is 31.5 Å². The molecule has 0 aromatic heterocycles. The molecule has 6 heteroatoms. The molecule has 5 nitrogen and oxygen atoms in total. The highest BCUT2D eigenvalue weighted by Gasteiger charge is 2.34. The van der Waals surface area contributed by atoms with E-state index in [1.165, 1.54) is 0 Å². The predicted molar refractivity (Wildman–Crippen MR) is 73.5 cm³/mol. The summed E-state index contributed by atoms with van der Waals surface area (Å²) in [6.07, 6.45) is 1.95. The third-order valence-corrected chi connectivity index (χ3v) is 4.82. The number of ether oxygens (including phenoxy) is 1. The Morgan fingerprint density at radius 1 is 1.37 bits per heavy atom. The van der Waals surface area contributed by atoms with Gasteiger partial charge in [-0.25, -0.2) is 13.1 Å². The van der Waals surface area contributed by atoms with Gasteiger partial charge in [0.25, 0.3) is 0 Å². The van der Waals surface area contributed by atoms with E-state index in [2.05, 4.69) is 10.0 Å². The van der Waals surface area contributed by atoms with Crippen molar-refractivity contribution in [3.63, 3.8) is 0 Å². The summed E-state index contributed by atoms with van der Waals surface area (Å²) in [7, 11) is -1.82. The van der Waals surface area contributed by atoms with E-state index in [1.54, 1.807) is 37.4 Å². The van der Waals surface area contributed by atoms with Gasteiger partial charge in [0.2, 0.25) is 10.0 Å². The number of benzene rings is 1. The summed E-state index contributed by atoms with van der Waals surface area (Å²) in [5.74, 6) is 0. The second kappa shape index (κ2) is 6.00. The van der Waals surface area contributed by atoms with Gasteiger partial charge >= 0.3 is 0 Å². The zero-order valence-corrected chi connectivity index (χ0v) is 11.9. The van der Waals surface area contributed by atoms with Crippen LogP contribution in [0.4, 0.5) is 0 Å². The Hall–Kier alpha value is -0.950. The average Bonchev–Trinajstić information content (AvgIpc) is 2.87. The number of sulfonamides is 1. The summed E-state index contributed by atoms with van der Waals surface area (Å²) in [6, 6.07) is 8.41. The van der Waals surface area contributed by atoms with Crippen LogP contribution in [0, 0.1) is 0 Å². The van der Waals surface area contributed by atoms with Crippen LogP contribution in [0.2, 0.25) is 0 Å². The molecule has 1 aromatic rings. The van der Waals surface area contributed by atoms with E-state index in [0.717, 1.165) is 19.4 Å². The Kier molecular flexibility index (Phi) is 4.57. The predicted octanol–water partition coefficient (Wildman–Crippen LogP) is 0.733. The van der Waals surface area contributed by atoms with Crippen molar-refractivity contribution >= 4 is 10.0 Å². The molecule has 1 fully saturated rings. The normalized spacial score (nSPS) is 23.6. The standard InChI is InChI=1S/C13H20N2O3S/c1-18-11-13(8-5-9-14-13)10-15-19(16,17)12-6-3-2-4-7-12/h2-4,6-7,14-15H,5,8-11H2,1H3. The van der Waals surface area contributed by atoms with Crippen molar-refractivity contribution in [3.05, 3.63) is 30.3 Å². The van der Waals surface area contributed by atoms with E-state index in [4.69, 9.17) is 4.74 Å². The third-order valence-electron chi connectivity index (χ3n) is 3.41. The van der Waals surface area contributed by atoms with Gasteiger partial charge in [-0.15, -0.1) is 0 Å². The largest absolute Gasteiger partial charge is 0.383 e. The van der Waals surface area contributed by atoms with Gasteiger partial charge in [-0.1, -0.05) is 18.2 Å². The fraction of sp³-hybridized carbons (Fsp3) is 0.538. The molecular weight excluding hydrogens is 264 g/mol. The minimum Gasteiger partial charge on any atom is -0.383 e. The molecule has 2 rings (SSSR count). The number of hydrogen-bond acceptors (Lipinski definition) is 4. The van der Waals surface area contributed by atoms with Crippen molar-refractivity contribution in [2.45, 2.75) is 23.3 Å². The fourth-order valence-corrected chi connectivity index (χ4v) is 3.53. The smallest absolute Gasteiger partial charge is 0.240 e. The maximum Gasteiger partial charge on any atom is 0.240 e. The van der Waals surface area contributed by atoms with E-state index in [1.807, 2.05) is 0 Å². The molecule has 1 aromatic carbocycles. The molecule has 2 N–H and O–H groups in total. The molecule has 1 atom stereocenters. The maximum atomic E-state index is 12.2. The summed E-state index contributed by atoms with van der Waals surface area (Å²) < 4.78 is 32.2. The maximum absolute atomic E-state index is 12.2. The highest BCUT2D eigenvalue weighted by molar-refractivity contribution is 7.89. The van der Waals surface area contributed by atoms with Gasteiger partial charge < -0.3 is 10.1 Å². The number of methoxy groups -OCH3 is 1. The summed E-state index contributed by atoms with van der Waals surface area (Å²) in [5, 5.41) is 3.34. The molecule has 1 unspecified atom stereocenters. The van der Waals surface area contributed by atoms with E-state index in [-0.39, 0.29) is 5.54 Å². The summed E-state index contributed by atoms with van der Waals surface area (Å²) in [6.45, 7) is 1.75. The Balaban J connectivity index is 2.05. The molecule has 0 saturated carbocycles. The quantitative estimate of drug-likeness (QED) is 0.808. The van der Waals surface area contributed by atoms with E-state index in [0.29, 0.717) is 18.0 Å². The number of hydrogen-bond donors (Lipinski definition) is 2. The monoisotopic (exact) mass is 284 g/mol. The number of rotatable bonds is 6. The van der Waals surface area contributed by atoms with E-state index >= 15 is 0 Å². The molecule has 0 aliphatic carbocycles. The van der Waals surface area contributed by atoms with Gasteiger partial charge in [-0.2, -0.15) is 0 Å². The second-order valence-corrected chi connectivity index (χ2v) is 6.65. The van der Waals surface area contributed by atoms with Gasteiger partial charge in [0, 0.05) is 13.7 Å². The third kappa shape index (κ3) is 3.54. The lowest BCUT2D eigenvalue weighted by Crippen LogP contribution is -2.52. The molecule has 1 aliphatic rings. The van der Waals surface area contributed by atoms with Crippen molar-refractivity contribution in [1.29, 1.82) is 0 Å². The summed E-state index contributed by atoms with van der Waals surface area (Å²) >= 11 is 0. The van der Waals surface area contributed by atoms with Gasteiger partial charge in [-0.3, -0.25) is 0 Å². The summed E-state index contributed by atoms with van der Waals surface area (Å²) in [5.41, 5.74) is -0.281. The summed E-state index contributed by atoms with van der Waals surface area (Å²) in [4.78, 5) is 0.292. The average molecular weight is 284 g/mol. The van der Waals surface area contributed by atoms with Crippen LogP contribution in [0.3, 0.4) is 0 Å². The molecule has 0 bridgehead atoms. The van der Waals surface area contributed by atoms with Crippen LogP contribution in [0.1, 0.15) is 12.8 Å². The van der Waals surface area contributed by atoms with Crippen LogP contribution >= 0.6 is 0 Å². The van der Waals surface area contributed by atoms with Crippen LogP contribution in [0.25, 0.3) is 0 Å². The first-order valence-corrected chi connectivity index (χ1v) is 7.85. The highest BCUT2D eigenvalue weighted by Crippen LogP contribution is 2.19. The Morgan fingerprint density at radius 2 is 2.11 bits per heavy atom. The molecule has 106 valence electrons. The second-order valence-electron chi connectivity index (χ2n) is 4.88. The van der Waals surface area contributed by atoms with Crippen LogP contribution in [-0.2, 0) is 14.8 Å². The van der Waals surface area contributed by atoms with E-state index in [9.17, 15) is 8.42 Å². The van der Waals surface area contributed by atoms with Crippen molar-refractivity contribution in [2.75, 3.05) is 26.8 Å². The molecular formula is C13H20N2O3S.